The molecule has 2 rings (SSSR count). The van der Waals surface area contributed by atoms with Crippen molar-refractivity contribution < 1.29 is 14.6 Å². The van der Waals surface area contributed by atoms with Gasteiger partial charge in [-0.25, -0.2) is 0 Å². The smallest absolute Gasteiger partial charge is 0.223 e. The Hall–Kier alpha value is -0.650. The van der Waals surface area contributed by atoms with Gasteiger partial charge in [0.15, 0.2) is 0 Å². The minimum atomic E-state index is -0.883. The van der Waals surface area contributed by atoms with Crippen LogP contribution in [0.5, 0.6) is 0 Å². The first-order valence-corrected chi connectivity index (χ1v) is 7.10. The molecule has 2 unspecified atom stereocenters. The lowest BCUT2D eigenvalue weighted by Crippen LogP contribution is -2.51. The molecule has 1 amide bonds. The molecular formula is C14H26N2O3. The fraction of sp³-hybridized carbons (Fsp3) is 0.929. The molecule has 0 aromatic carbocycles. The maximum Gasteiger partial charge on any atom is 0.223 e. The fourth-order valence-corrected chi connectivity index (χ4v) is 2.61. The van der Waals surface area contributed by atoms with E-state index in [1.165, 1.54) is 0 Å². The summed E-state index contributed by atoms with van der Waals surface area (Å²) in [6.07, 6.45) is 0.949. The van der Waals surface area contributed by atoms with Crippen LogP contribution in [0.15, 0.2) is 0 Å². The van der Waals surface area contributed by atoms with Gasteiger partial charge in [-0.15, -0.1) is 0 Å². The third-order valence-electron chi connectivity index (χ3n) is 4.14. The van der Waals surface area contributed by atoms with Gasteiger partial charge in [0.2, 0.25) is 5.91 Å². The minimum Gasteiger partial charge on any atom is -0.387 e. The van der Waals surface area contributed by atoms with E-state index in [4.69, 9.17) is 4.74 Å². The van der Waals surface area contributed by atoms with Gasteiger partial charge in [0.1, 0.15) is 0 Å². The van der Waals surface area contributed by atoms with Crippen molar-refractivity contribution in [3.05, 3.63) is 0 Å². The number of carbonyl (C=O) groups excluding carboxylic acids is 1. The molecule has 5 heteroatoms. The van der Waals surface area contributed by atoms with E-state index in [9.17, 15) is 9.90 Å². The molecule has 1 saturated heterocycles. The number of morpholine rings is 1. The summed E-state index contributed by atoms with van der Waals surface area (Å²) in [6, 6.07) is 0. The first-order valence-electron chi connectivity index (χ1n) is 7.10. The van der Waals surface area contributed by atoms with Crippen molar-refractivity contribution in [3.63, 3.8) is 0 Å². The summed E-state index contributed by atoms with van der Waals surface area (Å²) in [5, 5.41) is 13.2. The van der Waals surface area contributed by atoms with Crippen molar-refractivity contribution in [2.75, 3.05) is 39.4 Å². The van der Waals surface area contributed by atoms with E-state index in [1.54, 1.807) is 6.92 Å². The Morgan fingerprint density at radius 2 is 2.05 bits per heavy atom. The first kappa shape index (κ1) is 14.8. The molecule has 0 bridgehead atoms. The van der Waals surface area contributed by atoms with Crippen molar-refractivity contribution in [2.24, 2.45) is 11.3 Å². The Balaban J connectivity index is 1.72. The Morgan fingerprint density at radius 1 is 1.47 bits per heavy atom. The van der Waals surface area contributed by atoms with E-state index >= 15 is 0 Å². The lowest BCUT2D eigenvalue weighted by molar-refractivity contribution is -0.124. The number of hydrogen-bond acceptors (Lipinski definition) is 4. The average molecular weight is 270 g/mol. The van der Waals surface area contributed by atoms with Gasteiger partial charge in [-0.3, -0.25) is 9.69 Å². The van der Waals surface area contributed by atoms with E-state index in [0.29, 0.717) is 13.1 Å². The van der Waals surface area contributed by atoms with E-state index < -0.39 is 5.60 Å². The number of hydrogen-bond donors (Lipinski definition) is 2. The van der Waals surface area contributed by atoms with Crippen LogP contribution in [0, 0.1) is 11.3 Å². The Bertz CT molecular complexity index is 336. The molecule has 0 spiro atoms. The Morgan fingerprint density at radius 3 is 2.58 bits per heavy atom. The SMILES string of the molecule is CC(O)(CNC(=O)C1CC1(C)C)CN1CCOCC1. The monoisotopic (exact) mass is 270 g/mol. The highest BCUT2D eigenvalue weighted by atomic mass is 16.5. The lowest BCUT2D eigenvalue weighted by Gasteiger charge is -2.33. The summed E-state index contributed by atoms with van der Waals surface area (Å²) in [7, 11) is 0. The zero-order valence-electron chi connectivity index (χ0n) is 12.2. The molecule has 1 aliphatic heterocycles. The van der Waals surface area contributed by atoms with Gasteiger partial charge in [0, 0.05) is 32.1 Å². The van der Waals surface area contributed by atoms with Gasteiger partial charge in [-0.05, 0) is 18.8 Å². The number of nitrogens with zero attached hydrogens (tertiary/aromatic N) is 1. The van der Waals surface area contributed by atoms with E-state index in [0.717, 1.165) is 32.7 Å². The van der Waals surface area contributed by atoms with Gasteiger partial charge < -0.3 is 15.2 Å². The molecule has 19 heavy (non-hydrogen) atoms. The van der Waals surface area contributed by atoms with Crippen LogP contribution in [0.4, 0.5) is 0 Å². The van der Waals surface area contributed by atoms with Gasteiger partial charge in [0.25, 0.3) is 0 Å². The summed E-state index contributed by atoms with van der Waals surface area (Å²) in [5.74, 6) is 0.193. The average Bonchev–Trinajstić information content (AvgIpc) is 2.96. The molecule has 0 radical (unpaired) electrons. The van der Waals surface area contributed by atoms with Crippen LogP contribution in [0.2, 0.25) is 0 Å². The summed E-state index contributed by atoms with van der Waals surface area (Å²) < 4.78 is 5.28. The molecule has 1 heterocycles. The second kappa shape index (κ2) is 5.38. The fourth-order valence-electron chi connectivity index (χ4n) is 2.61. The molecule has 0 aromatic rings. The van der Waals surface area contributed by atoms with Crippen molar-refractivity contribution >= 4 is 5.91 Å². The van der Waals surface area contributed by atoms with Crippen LogP contribution >= 0.6 is 0 Å². The van der Waals surface area contributed by atoms with Crippen molar-refractivity contribution in [2.45, 2.75) is 32.8 Å². The van der Waals surface area contributed by atoms with Gasteiger partial charge in [-0.1, -0.05) is 13.8 Å². The van der Waals surface area contributed by atoms with Crippen LogP contribution in [0.3, 0.4) is 0 Å². The molecular weight excluding hydrogens is 244 g/mol. The molecule has 1 saturated carbocycles. The van der Waals surface area contributed by atoms with Crippen LogP contribution in [0.25, 0.3) is 0 Å². The van der Waals surface area contributed by atoms with Gasteiger partial charge in [-0.2, -0.15) is 0 Å². The number of aliphatic hydroxyl groups is 1. The van der Waals surface area contributed by atoms with Gasteiger partial charge >= 0.3 is 0 Å². The zero-order chi connectivity index (χ0) is 14.1. The standard InChI is InChI=1S/C14H26N2O3/c1-13(2)8-11(13)12(17)15-9-14(3,18)10-16-4-6-19-7-5-16/h11,18H,4-10H2,1-3H3,(H,15,17). The van der Waals surface area contributed by atoms with Crippen LogP contribution in [-0.2, 0) is 9.53 Å². The number of carbonyl (C=O) groups is 1. The zero-order valence-corrected chi connectivity index (χ0v) is 12.2. The normalized spacial score (nSPS) is 29.6. The third-order valence-corrected chi connectivity index (χ3v) is 4.14. The van der Waals surface area contributed by atoms with Gasteiger partial charge in [0.05, 0.1) is 18.8 Å². The second-order valence-electron chi connectivity index (χ2n) is 6.85. The molecule has 2 atom stereocenters. The predicted molar refractivity (Wildman–Crippen MR) is 72.8 cm³/mol. The molecule has 2 aliphatic rings. The predicted octanol–water partition coefficient (Wildman–Crippen LogP) is 0.232. The molecule has 0 aromatic heterocycles. The maximum atomic E-state index is 11.9. The Kier molecular flexibility index (Phi) is 4.18. The maximum absolute atomic E-state index is 11.9. The molecule has 110 valence electrons. The highest BCUT2D eigenvalue weighted by Gasteiger charge is 2.50. The largest absolute Gasteiger partial charge is 0.387 e. The van der Waals surface area contributed by atoms with Crippen molar-refractivity contribution in [1.29, 1.82) is 0 Å². The summed E-state index contributed by atoms with van der Waals surface area (Å²) in [6.45, 7) is 10.0. The van der Waals surface area contributed by atoms with Crippen molar-refractivity contribution in [3.8, 4) is 0 Å². The summed E-state index contributed by atoms with van der Waals surface area (Å²) >= 11 is 0. The first-order chi connectivity index (χ1) is 8.80. The number of ether oxygens (including phenoxy) is 1. The molecule has 2 fully saturated rings. The van der Waals surface area contributed by atoms with E-state index in [2.05, 4.69) is 24.1 Å². The van der Waals surface area contributed by atoms with E-state index in [1.807, 2.05) is 0 Å². The van der Waals surface area contributed by atoms with Crippen LogP contribution < -0.4 is 5.32 Å². The lowest BCUT2D eigenvalue weighted by atomic mass is 10.1. The highest BCUT2D eigenvalue weighted by Crippen LogP contribution is 2.51. The number of β-amino-alcohol motifs (C(OH)–C–C–N with tert-alkyl or cyclic N) is 1. The molecule has 5 nitrogen and oxygen atoms in total. The topological polar surface area (TPSA) is 61.8 Å². The van der Waals surface area contributed by atoms with Crippen molar-refractivity contribution in [1.82, 2.24) is 10.2 Å². The summed E-state index contributed by atoms with van der Waals surface area (Å²) in [4.78, 5) is 14.1. The minimum absolute atomic E-state index is 0.0762. The number of amides is 1. The molecule has 2 N–H and O–H groups in total. The van der Waals surface area contributed by atoms with E-state index in [-0.39, 0.29) is 17.2 Å². The van der Waals surface area contributed by atoms with Crippen LogP contribution in [-0.4, -0.2) is 60.9 Å². The van der Waals surface area contributed by atoms with Crippen LogP contribution in [0.1, 0.15) is 27.2 Å². The Labute approximate surface area is 115 Å². The summed E-state index contributed by atoms with van der Waals surface area (Å²) in [5.41, 5.74) is -0.744. The number of rotatable bonds is 5. The quantitative estimate of drug-likeness (QED) is 0.751. The molecule has 1 aliphatic carbocycles. The second-order valence-corrected chi connectivity index (χ2v) is 6.85. The highest BCUT2D eigenvalue weighted by molar-refractivity contribution is 5.82. The third kappa shape index (κ3) is 4.16. The number of nitrogens with one attached hydrogen (secondary N) is 1.